The Bertz CT molecular complexity index is 647. The van der Waals surface area contributed by atoms with Gasteiger partial charge in [-0.3, -0.25) is 4.99 Å². The molecule has 0 unspecified atom stereocenters. The summed E-state index contributed by atoms with van der Waals surface area (Å²) in [6.07, 6.45) is 7.88. The molecule has 0 bridgehead atoms. The van der Waals surface area contributed by atoms with Crippen molar-refractivity contribution in [3.63, 3.8) is 0 Å². The Kier molecular flexibility index (Phi) is 6.37. The second kappa shape index (κ2) is 8.06. The maximum atomic E-state index is 6.06. The summed E-state index contributed by atoms with van der Waals surface area (Å²) in [7, 11) is 0. The van der Waals surface area contributed by atoms with Crippen LogP contribution < -0.4 is 11.1 Å². The van der Waals surface area contributed by atoms with Gasteiger partial charge in [0.15, 0.2) is 5.96 Å². The second-order valence-electron chi connectivity index (χ2n) is 5.65. The number of halogens is 2. The summed E-state index contributed by atoms with van der Waals surface area (Å²) in [5, 5.41) is 5.23. The number of aromatic nitrogens is 1. The first-order valence-corrected chi connectivity index (χ1v) is 7.92. The highest BCUT2D eigenvalue weighted by molar-refractivity contribution is 14.0. The summed E-state index contributed by atoms with van der Waals surface area (Å²) in [5.74, 6) is 0.569. The van der Waals surface area contributed by atoms with Gasteiger partial charge in [-0.25, -0.2) is 0 Å². The Morgan fingerprint density at radius 3 is 2.91 bits per heavy atom. The number of nitrogens with two attached hydrogens (primary N) is 1. The molecule has 1 fully saturated rings. The molecule has 4 N–H and O–H groups in total. The quantitative estimate of drug-likeness (QED) is 0.390. The van der Waals surface area contributed by atoms with Crippen LogP contribution in [0.3, 0.4) is 0 Å². The van der Waals surface area contributed by atoms with E-state index in [1.165, 1.54) is 36.6 Å². The average Bonchev–Trinajstić information content (AvgIpc) is 3.09. The molecule has 0 atom stereocenters. The molecule has 1 aromatic carbocycles. The van der Waals surface area contributed by atoms with Gasteiger partial charge in [-0.15, -0.1) is 24.0 Å². The number of nitrogens with one attached hydrogen (secondary N) is 2. The van der Waals surface area contributed by atoms with E-state index in [1.54, 1.807) is 0 Å². The number of rotatable bonds is 4. The Hall–Kier alpha value is -0.950. The van der Waals surface area contributed by atoms with Gasteiger partial charge in [0.05, 0.1) is 0 Å². The van der Waals surface area contributed by atoms with Crippen LogP contribution in [0.25, 0.3) is 10.9 Å². The first kappa shape index (κ1) is 17.4. The zero-order chi connectivity index (χ0) is 14.7. The van der Waals surface area contributed by atoms with Crippen LogP contribution in [0, 0.1) is 0 Å². The van der Waals surface area contributed by atoms with Gasteiger partial charge in [-0.2, -0.15) is 0 Å². The van der Waals surface area contributed by atoms with Crippen molar-refractivity contribution < 1.29 is 0 Å². The molecule has 2 aromatic rings. The lowest BCUT2D eigenvalue weighted by Crippen LogP contribution is -2.38. The number of fused-ring (bicyclic) bond motifs is 1. The zero-order valence-corrected chi connectivity index (χ0v) is 15.5. The van der Waals surface area contributed by atoms with Gasteiger partial charge in [0, 0.05) is 34.7 Å². The molecule has 1 aliphatic rings. The predicted molar refractivity (Wildman–Crippen MR) is 104 cm³/mol. The highest BCUT2D eigenvalue weighted by Gasteiger charge is 2.14. The predicted octanol–water partition coefficient (Wildman–Crippen LogP) is 3.83. The average molecular weight is 433 g/mol. The van der Waals surface area contributed by atoms with Crippen LogP contribution in [-0.4, -0.2) is 23.5 Å². The fourth-order valence-electron chi connectivity index (χ4n) is 2.98. The molecule has 1 saturated carbocycles. The zero-order valence-electron chi connectivity index (χ0n) is 12.4. The van der Waals surface area contributed by atoms with Crippen molar-refractivity contribution >= 4 is 52.4 Å². The molecule has 3 rings (SSSR count). The molecular weight excluding hydrogens is 411 g/mol. The number of hydrogen-bond donors (Lipinski definition) is 3. The summed E-state index contributed by atoms with van der Waals surface area (Å²) in [5.41, 5.74) is 8.27. The highest BCUT2D eigenvalue weighted by atomic mass is 127. The van der Waals surface area contributed by atoms with Gasteiger partial charge in [-0.1, -0.05) is 24.4 Å². The molecule has 6 heteroatoms. The summed E-state index contributed by atoms with van der Waals surface area (Å²) < 4.78 is 0. The van der Waals surface area contributed by atoms with E-state index in [4.69, 9.17) is 17.3 Å². The van der Waals surface area contributed by atoms with Crippen LogP contribution in [0.15, 0.2) is 29.4 Å². The van der Waals surface area contributed by atoms with Crippen LogP contribution in [0.4, 0.5) is 0 Å². The minimum atomic E-state index is 0. The van der Waals surface area contributed by atoms with E-state index >= 15 is 0 Å². The van der Waals surface area contributed by atoms with Gasteiger partial charge < -0.3 is 16.0 Å². The molecule has 4 nitrogen and oxygen atoms in total. The Labute approximate surface area is 152 Å². The molecule has 120 valence electrons. The first-order chi connectivity index (χ1) is 10.2. The maximum absolute atomic E-state index is 6.06. The van der Waals surface area contributed by atoms with E-state index in [1.807, 2.05) is 24.4 Å². The maximum Gasteiger partial charge on any atom is 0.188 e. The van der Waals surface area contributed by atoms with Gasteiger partial charge in [0.25, 0.3) is 0 Å². The third-order valence-electron chi connectivity index (χ3n) is 4.10. The molecule has 0 saturated heterocycles. The monoisotopic (exact) mass is 432 g/mol. The number of aromatic amines is 1. The number of H-pyrrole nitrogens is 1. The van der Waals surface area contributed by atoms with Crippen molar-refractivity contribution in [1.29, 1.82) is 0 Å². The first-order valence-electron chi connectivity index (χ1n) is 7.54. The molecule has 0 radical (unpaired) electrons. The van der Waals surface area contributed by atoms with E-state index in [-0.39, 0.29) is 24.0 Å². The van der Waals surface area contributed by atoms with Crippen molar-refractivity contribution in [3.8, 4) is 0 Å². The van der Waals surface area contributed by atoms with E-state index in [0.717, 1.165) is 17.0 Å². The molecular formula is C16H22ClIN4. The van der Waals surface area contributed by atoms with Crippen LogP contribution in [-0.2, 0) is 6.42 Å². The van der Waals surface area contributed by atoms with Crippen LogP contribution in [0.5, 0.6) is 0 Å². The summed E-state index contributed by atoms with van der Waals surface area (Å²) in [6.45, 7) is 0.686. The van der Waals surface area contributed by atoms with E-state index in [9.17, 15) is 0 Å². The number of benzene rings is 1. The van der Waals surface area contributed by atoms with Crippen LogP contribution in [0.2, 0.25) is 5.02 Å². The molecule has 0 aliphatic heterocycles. The Balaban J connectivity index is 0.00000176. The lowest BCUT2D eigenvalue weighted by Gasteiger charge is -2.12. The fraction of sp³-hybridized carbons (Fsp3) is 0.438. The summed E-state index contributed by atoms with van der Waals surface area (Å²) in [6, 6.07) is 6.40. The standard InChI is InChI=1S/C16H21ClN4.HI/c17-12-5-6-15-14(9-12)11(10-20-15)7-8-19-16(18)21-13-3-1-2-4-13;/h5-6,9-10,13,20H,1-4,7-8H2,(H3,18,19,21);1H. The fourth-order valence-corrected chi connectivity index (χ4v) is 3.15. The molecule has 1 aromatic heterocycles. The third-order valence-corrected chi connectivity index (χ3v) is 4.34. The topological polar surface area (TPSA) is 66.2 Å². The van der Waals surface area contributed by atoms with E-state index in [2.05, 4.69) is 15.3 Å². The minimum absolute atomic E-state index is 0. The molecule has 1 aliphatic carbocycles. The van der Waals surface area contributed by atoms with Gasteiger partial charge in [0.2, 0.25) is 0 Å². The Morgan fingerprint density at radius 2 is 2.14 bits per heavy atom. The van der Waals surface area contributed by atoms with Crippen LogP contribution in [0.1, 0.15) is 31.2 Å². The SMILES string of the molecule is I.NC(=NCCc1c[nH]c2ccc(Cl)cc12)NC1CCCC1. The largest absolute Gasteiger partial charge is 0.370 e. The molecule has 1 heterocycles. The third kappa shape index (κ3) is 4.29. The van der Waals surface area contributed by atoms with Gasteiger partial charge in [-0.05, 0) is 43.0 Å². The minimum Gasteiger partial charge on any atom is -0.370 e. The number of aliphatic imine (C=N–C) groups is 1. The second-order valence-corrected chi connectivity index (χ2v) is 6.08. The molecule has 22 heavy (non-hydrogen) atoms. The number of nitrogens with zero attached hydrogens (tertiary/aromatic N) is 1. The van der Waals surface area contributed by atoms with Crippen molar-refractivity contribution in [2.45, 2.75) is 38.1 Å². The lowest BCUT2D eigenvalue weighted by molar-refractivity contribution is 0.625. The smallest absolute Gasteiger partial charge is 0.188 e. The summed E-state index contributed by atoms with van der Waals surface area (Å²) in [4.78, 5) is 7.69. The van der Waals surface area contributed by atoms with Crippen molar-refractivity contribution in [1.82, 2.24) is 10.3 Å². The Morgan fingerprint density at radius 1 is 1.36 bits per heavy atom. The number of guanidine groups is 1. The van der Waals surface area contributed by atoms with Crippen molar-refractivity contribution in [2.75, 3.05) is 6.54 Å². The van der Waals surface area contributed by atoms with E-state index < -0.39 is 0 Å². The lowest BCUT2D eigenvalue weighted by atomic mass is 10.1. The number of hydrogen-bond acceptors (Lipinski definition) is 1. The molecule has 0 amide bonds. The normalized spacial score (nSPS) is 16.0. The molecule has 0 spiro atoms. The van der Waals surface area contributed by atoms with Crippen LogP contribution >= 0.6 is 35.6 Å². The van der Waals surface area contributed by atoms with Gasteiger partial charge in [0.1, 0.15) is 0 Å². The van der Waals surface area contributed by atoms with Crippen molar-refractivity contribution in [3.05, 3.63) is 35.0 Å². The van der Waals surface area contributed by atoms with Crippen molar-refractivity contribution in [2.24, 2.45) is 10.7 Å². The van der Waals surface area contributed by atoms with E-state index in [0.29, 0.717) is 18.5 Å². The van der Waals surface area contributed by atoms with Gasteiger partial charge >= 0.3 is 0 Å². The highest BCUT2D eigenvalue weighted by Crippen LogP contribution is 2.22. The summed E-state index contributed by atoms with van der Waals surface area (Å²) >= 11 is 6.06.